The number of ether oxygens (including phenoxy) is 1. The number of imidazole rings is 1. The normalized spacial score (nSPS) is 10.9. The molecule has 0 fully saturated rings. The van der Waals surface area contributed by atoms with Crippen LogP contribution in [0.2, 0.25) is 0 Å². The zero-order valence-electron chi connectivity index (χ0n) is 14.4. The standard InChI is InChI=1S/C17H22BrN3O3/c1-5-13-15(17(23)20(4)8-7-14(22)24-6-2)21-10-12(18)9-11(3)16(21)19-13/h9-10H,5-8H2,1-4H3. The molecule has 130 valence electrons. The summed E-state index contributed by atoms with van der Waals surface area (Å²) >= 11 is 3.47. The molecular formula is C17H22BrN3O3. The van der Waals surface area contributed by atoms with E-state index in [1.165, 1.54) is 4.90 Å². The molecular weight excluding hydrogens is 374 g/mol. The molecule has 0 bridgehead atoms. The molecule has 0 atom stereocenters. The van der Waals surface area contributed by atoms with Gasteiger partial charge in [0.25, 0.3) is 5.91 Å². The van der Waals surface area contributed by atoms with E-state index in [-0.39, 0.29) is 18.3 Å². The van der Waals surface area contributed by atoms with Crippen molar-refractivity contribution >= 4 is 33.5 Å². The Morgan fingerprint density at radius 3 is 2.71 bits per heavy atom. The smallest absolute Gasteiger partial charge is 0.307 e. The van der Waals surface area contributed by atoms with Gasteiger partial charge in [-0.3, -0.25) is 14.0 Å². The minimum atomic E-state index is -0.301. The summed E-state index contributed by atoms with van der Waals surface area (Å²) in [5.74, 6) is -0.453. The van der Waals surface area contributed by atoms with Crippen LogP contribution in [0.5, 0.6) is 0 Å². The number of nitrogens with zero attached hydrogens (tertiary/aromatic N) is 3. The number of carbonyl (C=O) groups is 2. The van der Waals surface area contributed by atoms with Crippen LogP contribution in [0.3, 0.4) is 0 Å². The summed E-state index contributed by atoms with van der Waals surface area (Å²) in [6.07, 6.45) is 2.68. The summed E-state index contributed by atoms with van der Waals surface area (Å²) in [4.78, 5) is 30.5. The summed E-state index contributed by atoms with van der Waals surface area (Å²) < 4.78 is 7.61. The SMILES string of the molecule is CCOC(=O)CCN(C)C(=O)c1c(CC)nc2c(C)cc(Br)cn12. The number of pyridine rings is 1. The van der Waals surface area contributed by atoms with Crippen LogP contribution in [0.1, 0.15) is 42.0 Å². The van der Waals surface area contributed by atoms with Crippen LogP contribution in [0.4, 0.5) is 0 Å². The molecule has 0 spiro atoms. The van der Waals surface area contributed by atoms with Gasteiger partial charge in [0.15, 0.2) is 0 Å². The third-order valence-electron chi connectivity index (χ3n) is 3.78. The predicted octanol–water partition coefficient (Wildman–Crippen LogP) is 2.99. The van der Waals surface area contributed by atoms with Gasteiger partial charge in [0.1, 0.15) is 11.3 Å². The van der Waals surface area contributed by atoms with Crippen LogP contribution >= 0.6 is 15.9 Å². The first-order valence-corrected chi connectivity index (χ1v) is 8.76. The maximum atomic E-state index is 12.9. The summed E-state index contributed by atoms with van der Waals surface area (Å²) in [6, 6.07) is 1.97. The molecule has 0 saturated carbocycles. The lowest BCUT2D eigenvalue weighted by molar-refractivity contribution is -0.143. The first-order valence-electron chi connectivity index (χ1n) is 7.97. The van der Waals surface area contributed by atoms with E-state index < -0.39 is 0 Å². The molecule has 24 heavy (non-hydrogen) atoms. The van der Waals surface area contributed by atoms with Crippen LogP contribution in [0, 0.1) is 6.92 Å². The van der Waals surface area contributed by atoms with Gasteiger partial charge in [-0.05, 0) is 47.8 Å². The van der Waals surface area contributed by atoms with Crippen molar-refractivity contribution in [1.82, 2.24) is 14.3 Å². The lowest BCUT2D eigenvalue weighted by atomic mass is 10.2. The van der Waals surface area contributed by atoms with Gasteiger partial charge in [0, 0.05) is 24.3 Å². The zero-order chi connectivity index (χ0) is 17.9. The van der Waals surface area contributed by atoms with Gasteiger partial charge in [-0.1, -0.05) is 6.92 Å². The van der Waals surface area contributed by atoms with E-state index >= 15 is 0 Å². The van der Waals surface area contributed by atoms with Crippen molar-refractivity contribution in [3.8, 4) is 0 Å². The molecule has 2 heterocycles. The average Bonchev–Trinajstić information content (AvgIpc) is 2.90. The third-order valence-corrected chi connectivity index (χ3v) is 4.22. The van der Waals surface area contributed by atoms with Crippen LogP contribution in [-0.2, 0) is 16.0 Å². The largest absolute Gasteiger partial charge is 0.466 e. The maximum absolute atomic E-state index is 12.9. The van der Waals surface area contributed by atoms with Crippen molar-refractivity contribution in [2.75, 3.05) is 20.2 Å². The summed E-state index contributed by atoms with van der Waals surface area (Å²) in [7, 11) is 1.69. The highest BCUT2D eigenvalue weighted by molar-refractivity contribution is 9.10. The van der Waals surface area contributed by atoms with E-state index in [1.54, 1.807) is 14.0 Å². The van der Waals surface area contributed by atoms with E-state index in [1.807, 2.05) is 30.5 Å². The maximum Gasteiger partial charge on any atom is 0.307 e. The minimum absolute atomic E-state index is 0.152. The van der Waals surface area contributed by atoms with Gasteiger partial charge in [0.2, 0.25) is 0 Å². The molecule has 2 aromatic rings. The molecule has 0 unspecified atom stereocenters. The molecule has 0 aliphatic heterocycles. The van der Waals surface area contributed by atoms with E-state index in [9.17, 15) is 9.59 Å². The molecule has 0 radical (unpaired) electrons. The number of aromatic nitrogens is 2. The molecule has 7 heteroatoms. The van der Waals surface area contributed by atoms with Crippen LogP contribution in [0.25, 0.3) is 5.65 Å². The highest BCUT2D eigenvalue weighted by Gasteiger charge is 2.23. The molecule has 2 rings (SSSR count). The van der Waals surface area contributed by atoms with Gasteiger partial charge in [-0.25, -0.2) is 4.98 Å². The van der Waals surface area contributed by atoms with Crippen molar-refractivity contribution in [1.29, 1.82) is 0 Å². The Morgan fingerprint density at radius 2 is 2.08 bits per heavy atom. The van der Waals surface area contributed by atoms with Crippen molar-refractivity contribution in [2.45, 2.75) is 33.6 Å². The quantitative estimate of drug-likeness (QED) is 0.705. The van der Waals surface area contributed by atoms with Crippen LogP contribution in [-0.4, -0.2) is 46.4 Å². The molecule has 0 aliphatic rings. The molecule has 2 aromatic heterocycles. The Balaban J connectivity index is 2.33. The first kappa shape index (κ1) is 18.4. The number of aryl methyl sites for hydroxylation is 2. The minimum Gasteiger partial charge on any atom is -0.466 e. The second-order valence-electron chi connectivity index (χ2n) is 5.58. The number of hydrogen-bond donors (Lipinski definition) is 0. The molecule has 0 aliphatic carbocycles. The monoisotopic (exact) mass is 395 g/mol. The molecule has 6 nitrogen and oxygen atoms in total. The van der Waals surface area contributed by atoms with Gasteiger partial charge < -0.3 is 9.64 Å². The molecule has 0 saturated heterocycles. The van der Waals surface area contributed by atoms with E-state index in [0.29, 0.717) is 25.3 Å². The fraction of sp³-hybridized carbons (Fsp3) is 0.471. The molecule has 1 amide bonds. The Hall–Kier alpha value is -1.89. The van der Waals surface area contributed by atoms with Gasteiger partial charge in [-0.2, -0.15) is 0 Å². The second kappa shape index (κ2) is 7.79. The van der Waals surface area contributed by atoms with Gasteiger partial charge in [0.05, 0.1) is 18.7 Å². The number of esters is 1. The fourth-order valence-electron chi connectivity index (χ4n) is 2.56. The van der Waals surface area contributed by atoms with Crippen LogP contribution < -0.4 is 0 Å². The number of amides is 1. The highest BCUT2D eigenvalue weighted by atomic mass is 79.9. The number of halogens is 1. The van der Waals surface area contributed by atoms with Gasteiger partial charge in [-0.15, -0.1) is 0 Å². The summed E-state index contributed by atoms with van der Waals surface area (Å²) in [5, 5.41) is 0. The van der Waals surface area contributed by atoms with Gasteiger partial charge >= 0.3 is 5.97 Å². The topological polar surface area (TPSA) is 63.9 Å². The Morgan fingerprint density at radius 1 is 1.38 bits per heavy atom. The molecule has 0 N–H and O–H groups in total. The van der Waals surface area contributed by atoms with Crippen molar-refractivity contribution < 1.29 is 14.3 Å². The van der Waals surface area contributed by atoms with Crippen molar-refractivity contribution in [3.05, 3.63) is 33.7 Å². The molecule has 0 aromatic carbocycles. The summed E-state index contributed by atoms with van der Waals surface area (Å²) in [5.41, 5.74) is 3.07. The number of rotatable bonds is 6. The highest BCUT2D eigenvalue weighted by Crippen LogP contribution is 2.22. The Labute approximate surface area is 149 Å². The van der Waals surface area contributed by atoms with E-state index in [2.05, 4.69) is 20.9 Å². The van der Waals surface area contributed by atoms with Crippen molar-refractivity contribution in [3.63, 3.8) is 0 Å². The first-order chi connectivity index (χ1) is 11.4. The third kappa shape index (κ3) is 3.77. The van der Waals surface area contributed by atoms with E-state index in [4.69, 9.17) is 4.74 Å². The Bertz CT molecular complexity index is 770. The lowest BCUT2D eigenvalue weighted by Crippen LogP contribution is -2.31. The Kier molecular flexibility index (Phi) is 5.99. The number of hydrogen-bond acceptors (Lipinski definition) is 4. The zero-order valence-corrected chi connectivity index (χ0v) is 16.0. The lowest BCUT2D eigenvalue weighted by Gasteiger charge is -2.17. The van der Waals surface area contributed by atoms with Crippen molar-refractivity contribution in [2.24, 2.45) is 0 Å². The van der Waals surface area contributed by atoms with E-state index in [0.717, 1.165) is 21.4 Å². The van der Waals surface area contributed by atoms with Crippen LogP contribution in [0.15, 0.2) is 16.7 Å². The fourth-order valence-corrected chi connectivity index (χ4v) is 3.11. The average molecular weight is 396 g/mol. The summed E-state index contributed by atoms with van der Waals surface area (Å²) in [6.45, 7) is 6.35. The number of fused-ring (bicyclic) bond motifs is 1. The number of carbonyl (C=O) groups excluding carboxylic acids is 2. The predicted molar refractivity (Wildman–Crippen MR) is 95.2 cm³/mol. The second-order valence-corrected chi connectivity index (χ2v) is 6.49.